The summed E-state index contributed by atoms with van der Waals surface area (Å²) < 4.78 is 10.1. The first-order valence-corrected chi connectivity index (χ1v) is 5.88. The Labute approximate surface area is 109 Å². The van der Waals surface area contributed by atoms with Gasteiger partial charge in [-0.25, -0.2) is 9.78 Å². The highest BCUT2D eigenvalue weighted by molar-refractivity contribution is 5.98. The molecule has 1 aromatic carbocycles. The van der Waals surface area contributed by atoms with Gasteiger partial charge in [-0.1, -0.05) is 13.0 Å². The first-order chi connectivity index (χ1) is 9.01. The van der Waals surface area contributed by atoms with Gasteiger partial charge in [-0.3, -0.25) is 4.79 Å². The predicted octanol–water partition coefficient (Wildman–Crippen LogP) is 2.19. The molecular weight excluding hydrogens is 248 g/mol. The van der Waals surface area contributed by atoms with E-state index in [0.29, 0.717) is 17.5 Å². The minimum atomic E-state index is -0.993. The SMILES string of the molecule is CCC(OC(N)=O)C(=O)c1nc2ccc(C)cc2o1. The molecule has 2 N–H and O–H groups in total. The van der Waals surface area contributed by atoms with Crippen LogP contribution in [-0.2, 0) is 4.74 Å². The molecule has 2 rings (SSSR count). The van der Waals surface area contributed by atoms with Gasteiger partial charge in [-0.15, -0.1) is 0 Å². The van der Waals surface area contributed by atoms with Crippen LogP contribution in [0.2, 0.25) is 0 Å². The summed E-state index contributed by atoms with van der Waals surface area (Å²) in [6.45, 7) is 3.62. The van der Waals surface area contributed by atoms with Gasteiger partial charge in [-0.2, -0.15) is 0 Å². The topological polar surface area (TPSA) is 95.4 Å². The molecule has 6 heteroatoms. The Morgan fingerprint density at radius 3 is 2.84 bits per heavy atom. The second-order valence-electron chi connectivity index (χ2n) is 4.19. The van der Waals surface area contributed by atoms with Gasteiger partial charge < -0.3 is 14.9 Å². The molecule has 0 saturated heterocycles. The molecule has 0 bridgehead atoms. The number of primary amides is 1. The third-order valence-electron chi connectivity index (χ3n) is 2.68. The van der Waals surface area contributed by atoms with E-state index in [0.717, 1.165) is 5.56 Å². The van der Waals surface area contributed by atoms with Gasteiger partial charge >= 0.3 is 6.09 Å². The number of amides is 1. The molecule has 0 aliphatic rings. The fourth-order valence-electron chi connectivity index (χ4n) is 1.74. The van der Waals surface area contributed by atoms with E-state index in [-0.39, 0.29) is 5.89 Å². The van der Waals surface area contributed by atoms with Gasteiger partial charge in [-0.05, 0) is 31.0 Å². The molecule has 100 valence electrons. The Morgan fingerprint density at radius 2 is 2.21 bits per heavy atom. The van der Waals surface area contributed by atoms with Gasteiger partial charge in [0.25, 0.3) is 11.7 Å². The molecule has 2 aromatic rings. The second kappa shape index (κ2) is 5.09. The van der Waals surface area contributed by atoms with Crippen molar-refractivity contribution in [3.63, 3.8) is 0 Å². The minimum absolute atomic E-state index is 0.0753. The lowest BCUT2D eigenvalue weighted by Crippen LogP contribution is -2.29. The molecule has 1 heterocycles. The van der Waals surface area contributed by atoms with Crippen LogP contribution in [0, 0.1) is 6.92 Å². The van der Waals surface area contributed by atoms with E-state index in [4.69, 9.17) is 14.9 Å². The van der Waals surface area contributed by atoms with Crippen LogP contribution in [0.15, 0.2) is 22.6 Å². The zero-order valence-electron chi connectivity index (χ0n) is 10.7. The molecule has 6 nitrogen and oxygen atoms in total. The van der Waals surface area contributed by atoms with Gasteiger partial charge in [0, 0.05) is 0 Å². The standard InChI is InChI=1S/C13H14N2O4/c1-3-9(19-13(14)17)11(16)12-15-8-5-4-7(2)6-10(8)18-12/h4-6,9H,3H2,1-2H3,(H2,14,17). The summed E-state index contributed by atoms with van der Waals surface area (Å²) in [6, 6.07) is 5.42. The van der Waals surface area contributed by atoms with E-state index in [1.54, 1.807) is 19.1 Å². The molecule has 1 unspecified atom stereocenters. The average molecular weight is 262 g/mol. The molecule has 0 aliphatic heterocycles. The smallest absolute Gasteiger partial charge is 0.405 e. The van der Waals surface area contributed by atoms with Crippen molar-refractivity contribution in [2.75, 3.05) is 0 Å². The third-order valence-corrected chi connectivity index (χ3v) is 2.68. The Balaban J connectivity index is 2.32. The zero-order chi connectivity index (χ0) is 14.0. The van der Waals surface area contributed by atoms with E-state index < -0.39 is 18.0 Å². The molecule has 0 radical (unpaired) electrons. The first kappa shape index (κ1) is 13.1. The summed E-state index contributed by atoms with van der Waals surface area (Å²) in [4.78, 5) is 26.9. The minimum Gasteiger partial charge on any atom is -0.438 e. The summed E-state index contributed by atoms with van der Waals surface area (Å²) in [5, 5.41) is 0. The second-order valence-corrected chi connectivity index (χ2v) is 4.19. The lowest BCUT2D eigenvalue weighted by Gasteiger charge is -2.10. The van der Waals surface area contributed by atoms with E-state index in [9.17, 15) is 9.59 Å². The summed E-state index contributed by atoms with van der Waals surface area (Å²) in [5.74, 6) is -0.566. The molecule has 1 atom stereocenters. The number of rotatable bonds is 4. The molecule has 0 fully saturated rings. The zero-order valence-corrected chi connectivity index (χ0v) is 10.7. The lowest BCUT2D eigenvalue weighted by atomic mass is 10.2. The van der Waals surface area contributed by atoms with E-state index in [1.807, 2.05) is 13.0 Å². The van der Waals surface area contributed by atoms with Gasteiger partial charge in [0.1, 0.15) is 5.52 Å². The number of nitrogens with zero attached hydrogens (tertiary/aromatic N) is 1. The highest BCUT2D eigenvalue weighted by atomic mass is 16.6. The Kier molecular flexibility index (Phi) is 3.50. The molecule has 0 aliphatic carbocycles. The predicted molar refractivity (Wildman–Crippen MR) is 67.8 cm³/mol. The number of nitrogens with two attached hydrogens (primary N) is 1. The fourth-order valence-corrected chi connectivity index (χ4v) is 1.74. The lowest BCUT2D eigenvalue weighted by molar-refractivity contribution is 0.0616. The van der Waals surface area contributed by atoms with Crippen LogP contribution in [-0.4, -0.2) is 23.0 Å². The molecule has 1 amide bonds. The summed E-state index contributed by atoms with van der Waals surface area (Å²) in [6.07, 6.45) is -1.65. The van der Waals surface area contributed by atoms with Crippen molar-refractivity contribution in [1.82, 2.24) is 4.98 Å². The quantitative estimate of drug-likeness (QED) is 0.852. The van der Waals surface area contributed by atoms with Gasteiger partial charge in [0.2, 0.25) is 0 Å². The number of oxazole rings is 1. The van der Waals surface area contributed by atoms with Crippen molar-refractivity contribution in [2.45, 2.75) is 26.4 Å². The van der Waals surface area contributed by atoms with Crippen molar-refractivity contribution in [2.24, 2.45) is 5.73 Å². The van der Waals surface area contributed by atoms with E-state index in [1.165, 1.54) is 0 Å². The fraction of sp³-hybridized carbons (Fsp3) is 0.308. The van der Waals surface area contributed by atoms with Crippen molar-refractivity contribution in [1.29, 1.82) is 0 Å². The number of hydrogen-bond acceptors (Lipinski definition) is 5. The number of carbonyl (C=O) groups is 2. The highest BCUT2D eigenvalue weighted by Crippen LogP contribution is 2.19. The van der Waals surface area contributed by atoms with Crippen LogP contribution in [0.25, 0.3) is 11.1 Å². The Bertz CT molecular complexity index is 633. The first-order valence-electron chi connectivity index (χ1n) is 5.88. The van der Waals surface area contributed by atoms with Crippen LogP contribution < -0.4 is 5.73 Å². The maximum atomic E-state index is 12.1. The highest BCUT2D eigenvalue weighted by Gasteiger charge is 2.26. The van der Waals surface area contributed by atoms with Crippen molar-refractivity contribution in [3.8, 4) is 0 Å². The maximum Gasteiger partial charge on any atom is 0.405 e. The van der Waals surface area contributed by atoms with Crippen LogP contribution in [0.4, 0.5) is 4.79 Å². The number of aryl methyl sites for hydroxylation is 1. The molecule has 0 spiro atoms. The van der Waals surface area contributed by atoms with Crippen molar-refractivity contribution < 1.29 is 18.7 Å². The number of ether oxygens (including phenoxy) is 1. The molecule has 0 saturated carbocycles. The number of fused-ring (bicyclic) bond motifs is 1. The molecular formula is C13H14N2O4. The summed E-state index contributed by atoms with van der Waals surface area (Å²) in [5.41, 5.74) is 7.03. The maximum absolute atomic E-state index is 12.1. The van der Waals surface area contributed by atoms with Gasteiger partial charge in [0.15, 0.2) is 11.7 Å². The number of Topliss-reactive ketones (excluding diaryl/α,β-unsaturated/α-hetero) is 1. The number of ketones is 1. The number of carbonyl (C=O) groups excluding carboxylic acids is 2. The molecule has 19 heavy (non-hydrogen) atoms. The number of benzene rings is 1. The third kappa shape index (κ3) is 2.73. The van der Waals surface area contributed by atoms with Crippen LogP contribution in [0.3, 0.4) is 0 Å². The number of hydrogen-bond donors (Lipinski definition) is 1. The van der Waals surface area contributed by atoms with Crippen LogP contribution in [0.1, 0.15) is 29.6 Å². The Hall–Kier alpha value is -2.37. The van der Waals surface area contributed by atoms with E-state index >= 15 is 0 Å². The van der Waals surface area contributed by atoms with Crippen molar-refractivity contribution in [3.05, 3.63) is 29.7 Å². The summed E-state index contributed by atoms with van der Waals surface area (Å²) >= 11 is 0. The molecule has 1 aromatic heterocycles. The largest absolute Gasteiger partial charge is 0.438 e. The average Bonchev–Trinajstić information content (AvgIpc) is 2.77. The Morgan fingerprint density at radius 1 is 1.47 bits per heavy atom. The van der Waals surface area contributed by atoms with Crippen molar-refractivity contribution >= 4 is 23.0 Å². The van der Waals surface area contributed by atoms with Crippen LogP contribution >= 0.6 is 0 Å². The van der Waals surface area contributed by atoms with Crippen LogP contribution in [0.5, 0.6) is 0 Å². The van der Waals surface area contributed by atoms with E-state index in [2.05, 4.69) is 4.98 Å². The normalized spacial score (nSPS) is 12.3. The van der Waals surface area contributed by atoms with Gasteiger partial charge in [0.05, 0.1) is 0 Å². The monoisotopic (exact) mass is 262 g/mol. The number of aromatic nitrogens is 1. The summed E-state index contributed by atoms with van der Waals surface area (Å²) in [7, 11) is 0.